The van der Waals surface area contributed by atoms with Gasteiger partial charge in [-0.25, -0.2) is 13.8 Å². The molecule has 3 heterocycles. The summed E-state index contributed by atoms with van der Waals surface area (Å²) >= 11 is 0. The van der Waals surface area contributed by atoms with Crippen LogP contribution in [0.3, 0.4) is 0 Å². The van der Waals surface area contributed by atoms with Gasteiger partial charge in [0.1, 0.15) is 0 Å². The second kappa shape index (κ2) is 7.03. The van der Waals surface area contributed by atoms with Crippen LogP contribution in [0.5, 0.6) is 0 Å². The van der Waals surface area contributed by atoms with E-state index in [4.69, 9.17) is 0 Å². The van der Waals surface area contributed by atoms with Crippen LogP contribution < -0.4 is 0 Å². The van der Waals surface area contributed by atoms with E-state index in [1.54, 1.807) is 12.4 Å². The SMILES string of the molecule is CCC(=O)N1CCc2[nH]cnc2C12CCN(Cc1ccc(F)c(F)c1)CC2. The topological polar surface area (TPSA) is 52.2 Å². The first-order valence-corrected chi connectivity index (χ1v) is 9.53. The van der Waals surface area contributed by atoms with Crippen molar-refractivity contribution in [2.45, 2.75) is 44.7 Å². The van der Waals surface area contributed by atoms with Gasteiger partial charge >= 0.3 is 0 Å². The highest BCUT2D eigenvalue weighted by molar-refractivity contribution is 5.77. The number of aromatic nitrogens is 2. The molecular weight excluding hydrogens is 350 g/mol. The van der Waals surface area contributed by atoms with E-state index in [1.807, 2.05) is 11.8 Å². The van der Waals surface area contributed by atoms with E-state index in [0.717, 1.165) is 49.3 Å². The van der Waals surface area contributed by atoms with Crippen LogP contribution in [0.4, 0.5) is 8.78 Å². The minimum Gasteiger partial charge on any atom is -0.348 e. The summed E-state index contributed by atoms with van der Waals surface area (Å²) in [6.45, 7) is 4.74. The smallest absolute Gasteiger partial charge is 0.223 e. The van der Waals surface area contributed by atoms with E-state index in [1.165, 1.54) is 12.1 Å². The van der Waals surface area contributed by atoms with Gasteiger partial charge in [-0.2, -0.15) is 0 Å². The number of nitrogens with one attached hydrogen (secondary N) is 1. The Kier molecular flexibility index (Phi) is 4.72. The molecule has 1 spiro atoms. The molecule has 0 atom stereocenters. The standard InChI is InChI=1S/C20H24F2N4O/c1-2-18(27)26-8-5-17-19(24-13-23-17)20(26)6-9-25(10-7-20)12-14-3-4-15(21)16(22)11-14/h3-4,11,13H,2,5-10,12H2,1H3,(H,23,24). The molecule has 2 aliphatic heterocycles. The molecule has 1 aromatic heterocycles. The molecule has 1 aromatic carbocycles. The highest BCUT2D eigenvalue weighted by Crippen LogP contribution is 2.42. The molecule has 4 rings (SSSR count). The number of hydrogen-bond acceptors (Lipinski definition) is 3. The molecule has 0 radical (unpaired) electrons. The van der Waals surface area contributed by atoms with Crippen LogP contribution in [0.25, 0.3) is 0 Å². The van der Waals surface area contributed by atoms with Gasteiger partial charge in [0.05, 0.1) is 17.6 Å². The molecule has 2 aliphatic rings. The van der Waals surface area contributed by atoms with E-state index in [9.17, 15) is 13.6 Å². The number of piperidine rings is 1. The Labute approximate surface area is 157 Å². The van der Waals surface area contributed by atoms with Gasteiger partial charge in [0.2, 0.25) is 5.91 Å². The number of likely N-dealkylation sites (tertiary alicyclic amines) is 1. The van der Waals surface area contributed by atoms with Crippen molar-refractivity contribution in [2.24, 2.45) is 0 Å². The van der Waals surface area contributed by atoms with Gasteiger partial charge in [0, 0.05) is 44.7 Å². The van der Waals surface area contributed by atoms with E-state index in [-0.39, 0.29) is 11.4 Å². The number of carbonyl (C=O) groups excluding carboxylic acids is 1. The average molecular weight is 374 g/mol. The maximum absolute atomic E-state index is 13.5. The van der Waals surface area contributed by atoms with Gasteiger partial charge in [-0.3, -0.25) is 9.69 Å². The average Bonchev–Trinajstić information content (AvgIpc) is 3.16. The van der Waals surface area contributed by atoms with Gasteiger partial charge < -0.3 is 9.88 Å². The van der Waals surface area contributed by atoms with Crippen molar-refractivity contribution in [3.63, 3.8) is 0 Å². The Morgan fingerprint density at radius 2 is 2.00 bits per heavy atom. The van der Waals surface area contributed by atoms with Crippen molar-refractivity contribution in [1.82, 2.24) is 19.8 Å². The van der Waals surface area contributed by atoms with Crippen LogP contribution >= 0.6 is 0 Å². The zero-order valence-electron chi connectivity index (χ0n) is 15.5. The summed E-state index contributed by atoms with van der Waals surface area (Å²) in [5.41, 5.74) is 2.54. The predicted molar refractivity (Wildman–Crippen MR) is 96.8 cm³/mol. The van der Waals surface area contributed by atoms with Crippen LogP contribution in [0.2, 0.25) is 0 Å². The summed E-state index contributed by atoms with van der Waals surface area (Å²) in [5.74, 6) is -1.47. The monoisotopic (exact) mass is 374 g/mol. The zero-order valence-corrected chi connectivity index (χ0v) is 15.5. The molecule has 2 aromatic rings. The van der Waals surface area contributed by atoms with Crippen molar-refractivity contribution in [2.75, 3.05) is 19.6 Å². The number of imidazole rings is 1. The van der Waals surface area contributed by atoms with E-state index >= 15 is 0 Å². The summed E-state index contributed by atoms with van der Waals surface area (Å²) in [5, 5.41) is 0. The largest absolute Gasteiger partial charge is 0.348 e. The molecule has 0 saturated carbocycles. The second-order valence-electron chi connectivity index (χ2n) is 7.43. The lowest BCUT2D eigenvalue weighted by Gasteiger charge is -2.50. The quantitative estimate of drug-likeness (QED) is 0.899. The number of carbonyl (C=O) groups is 1. The fraction of sp³-hybridized carbons (Fsp3) is 0.500. The molecule has 27 heavy (non-hydrogen) atoms. The Morgan fingerprint density at radius 1 is 1.22 bits per heavy atom. The number of amides is 1. The van der Waals surface area contributed by atoms with Crippen LogP contribution in [0.1, 0.15) is 43.1 Å². The Balaban J connectivity index is 1.53. The molecule has 7 heteroatoms. The highest BCUT2D eigenvalue weighted by atomic mass is 19.2. The summed E-state index contributed by atoms with van der Waals surface area (Å²) in [7, 11) is 0. The minimum atomic E-state index is -0.821. The molecular formula is C20H24F2N4O. The molecule has 5 nitrogen and oxygen atoms in total. The third-order valence-corrected chi connectivity index (χ3v) is 5.94. The number of hydrogen-bond donors (Lipinski definition) is 1. The molecule has 1 amide bonds. The van der Waals surface area contributed by atoms with E-state index < -0.39 is 11.6 Å². The van der Waals surface area contributed by atoms with Crippen molar-refractivity contribution in [3.05, 3.63) is 53.1 Å². The predicted octanol–water partition coefficient (Wildman–Crippen LogP) is 2.97. The van der Waals surface area contributed by atoms with Crippen LogP contribution in [0.15, 0.2) is 24.5 Å². The first kappa shape index (κ1) is 18.1. The third kappa shape index (κ3) is 3.14. The number of fused-ring (bicyclic) bond motifs is 2. The fourth-order valence-electron chi connectivity index (χ4n) is 4.52. The number of nitrogens with zero attached hydrogens (tertiary/aromatic N) is 3. The van der Waals surface area contributed by atoms with Gasteiger partial charge in [-0.05, 0) is 30.5 Å². The van der Waals surface area contributed by atoms with Crippen molar-refractivity contribution in [1.29, 1.82) is 0 Å². The van der Waals surface area contributed by atoms with Crippen LogP contribution in [-0.4, -0.2) is 45.3 Å². The zero-order chi connectivity index (χ0) is 19.0. The van der Waals surface area contributed by atoms with E-state index in [0.29, 0.717) is 19.5 Å². The Bertz CT molecular complexity index is 842. The lowest BCUT2D eigenvalue weighted by atomic mass is 9.78. The van der Waals surface area contributed by atoms with Crippen molar-refractivity contribution >= 4 is 5.91 Å². The van der Waals surface area contributed by atoms with Gasteiger partial charge in [0.15, 0.2) is 11.6 Å². The van der Waals surface area contributed by atoms with Crippen LogP contribution in [-0.2, 0) is 23.3 Å². The first-order valence-electron chi connectivity index (χ1n) is 9.53. The molecule has 0 aliphatic carbocycles. The number of aromatic amines is 1. The first-order chi connectivity index (χ1) is 13.0. The van der Waals surface area contributed by atoms with Crippen molar-refractivity contribution in [3.8, 4) is 0 Å². The summed E-state index contributed by atoms with van der Waals surface area (Å²) in [6.07, 6.45) is 4.60. The summed E-state index contributed by atoms with van der Waals surface area (Å²) < 4.78 is 26.6. The second-order valence-corrected chi connectivity index (χ2v) is 7.43. The maximum atomic E-state index is 13.5. The number of rotatable bonds is 3. The lowest BCUT2D eigenvalue weighted by Crippen LogP contribution is -2.58. The Hall–Kier alpha value is -2.28. The normalized spacial score (nSPS) is 19.3. The maximum Gasteiger partial charge on any atom is 0.223 e. The van der Waals surface area contributed by atoms with Crippen molar-refractivity contribution < 1.29 is 13.6 Å². The lowest BCUT2D eigenvalue weighted by molar-refractivity contribution is -0.141. The molecule has 144 valence electrons. The molecule has 1 saturated heterocycles. The summed E-state index contributed by atoms with van der Waals surface area (Å²) in [6, 6.07) is 4.07. The number of benzene rings is 1. The molecule has 1 N–H and O–H groups in total. The Morgan fingerprint density at radius 3 is 2.70 bits per heavy atom. The molecule has 1 fully saturated rings. The summed E-state index contributed by atoms with van der Waals surface area (Å²) in [4.78, 5) is 24.7. The number of halogens is 2. The molecule has 0 bridgehead atoms. The fourth-order valence-corrected chi connectivity index (χ4v) is 4.52. The van der Waals surface area contributed by atoms with Gasteiger partial charge in [-0.15, -0.1) is 0 Å². The third-order valence-electron chi connectivity index (χ3n) is 5.94. The molecule has 0 unspecified atom stereocenters. The minimum absolute atomic E-state index is 0.165. The van der Waals surface area contributed by atoms with Gasteiger partial charge in [-0.1, -0.05) is 13.0 Å². The van der Waals surface area contributed by atoms with E-state index in [2.05, 4.69) is 14.9 Å². The highest BCUT2D eigenvalue weighted by Gasteiger charge is 2.48. The number of H-pyrrole nitrogens is 1. The van der Waals surface area contributed by atoms with Gasteiger partial charge in [0.25, 0.3) is 0 Å². The van der Waals surface area contributed by atoms with Crippen LogP contribution in [0, 0.1) is 11.6 Å².